The smallest absolute Gasteiger partial charge is 0.273 e. The van der Waals surface area contributed by atoms with Gasteiger partial charge in [0.05, 0.1) is 19.3 Å². The van der Waals surface area contributed by atoms with Crippen molar-refractivity contribution in [3.63, 3.8) is 0 Å². The van der Waals surface area contributed by atoms with E-state index in [0.717, 1.165) is 17.8 Å². The summed E-state index contributed by atoms with van der Waals surface area (Å²) in [6.07, 6.45) is 1.28. The standard InChI is InChI=1S/C23H25FN4O4/c1-32-12-11-26-9-10-27-20(22(26)30)15-28(21(29)18-8-7-17(24)14-25-18)19(23(27)31)13-16-5-3-2-4-6-16/h2-8,14,19-20H,9-13,15H2,1H3/t19-,20-/m0/s1. The lowest BCUT2D eigenvalue weighted by molar-refractivity contribution is -0.160. The molecule has 3 amide bonds. The van der Waals surface area contributed by atoms with Crippen LogP contribution in [0.25, 0.3) is 0 Å². The Hall–Kier alpha value is -3.33. The summed E-state index contributed by atoms with van der Waals surface area (Å²) < 4.78 is 18.4. The maximum atomic E-state index is 13.5. The summed E-state index contributed by atoms with van der Waals surface area (Å²) in [6, 6.07) is 10.3. The fourth-order valence-corrected chi connectivity index (χ4v) is 4.25. The number of nitrogens with zero attached hydrogens (tertiary/aromatic N) is 4. The molecule has 8 nitrogen and oxygen atoms in total. The Balaban J connectivity index is 1.64. The number of pyridine rings is 1. The molecule has 0 N–H and O–H groups in total. The lowest BCUT2D eigenvalue weighted by atomic mass is 9.96. The highest BCUT2D eigenvalue weighted by atomic mass is 19.1. The second-order valence-electron chi connectivity index (χ2n) is 7.89. The topological polar surface area (TPSA) is 83.1 Å². The van der Waals surface area contributed by atoms with Gasteiger partial charge in [-0.2, -0.15) is 0 Å². The largest absolute Gasteiger partial charge is 0.383 e. The lowest BCUT2D eigenvalue weighted by Gasteiger charge is -2.49. The Morgan fingerprint density at radius 2 is 1.91 bits per heavy atom. The van der Waals surface area contributed by atoms with Crippen molar-refractivity contribution in [3.05, 3.63) is 65.7 Å². The number of piperazine rings is 2. The zero-order valence-corrected chi connectivity index (χ0v) is 17.8. The number of rotatable bonds is 6. The third-order valence-corrected chi connectivity index (χ3v) is 5.94. The van der Waals surface area contributed by atoms with Crippen LogP contribution in [0.1, 0.15) is 16.1 Å². The van der Waals surface area contributed by atoms with E-state index < -0.39 is 23.8 Å². The fourth-order valence-electron chi connectivity index (χ4n) is 4.25. The minimum absolute atomic E-state index is 0.0326. The van der Waals surface area contributed by atoms with E-state index in [-0.39, 0.29) is 24.1 Å². The van der Waals surface area contributed by atoms with Crippen LogP contribution in [-0.4, -0.2) is 89.4 Å². The van der Waals surface area contributed by atoms with Crippen LogP contribution in [0.2, 0.25) is 0 Å². The van der Waals surface area contributed by atoms with E-state index in [1.807, 2.05) is 30.3 Å². The Morgan fingerprint density at radius 1 is 1.12 bits per heavy atom. The highest BCUT2D eigenvalue weighted by Gasteiger charge is 2.48. The van der Waals surface area contributed by atoms with Gasteiger partial charge in [0.1, 0.15) is 23.6 Å². The molecule has 0 bridgehead atoms. The zero-order chi connectivity index (χ0) is 22.7. The molecular formula is C23H25FN4O4. The molecule has 0 unspecified atom stereocenters. The Morgan fingerprint density at radius 3 is 2.59 bits per heavy atom. The van der Waals surface area contributed by atoms with Crippen molar-refractivity contribution in [1.82, 2.24) is 19.7 Å². The van der Waals surface area contributed by atoms with E-state index in [1.54, 1.807) is 16.9 Å². The van der Waals surface area contributed by atoms with Crippen molar-refractivity contribution >= 4 is 17.7 Å². The number of amides is 3. The maximum Gasteiger partial charge on any atom is 0.273 e. The average Bonchev–Trinajstić information content (AvgIpc) is 2.81. The monoisotopic (exact) mass is 440 g/mol. The molecule has 3 heterocycles. The summed E-state index contributed by atoms with van der Waals surface area (Å²) >= 11 is 0. The molecule has 0 aliphatic carbocycles. The third-order valence-electron chi connectivity index (χ3n) is 5.94. The number of halogens is 1. The number of benzene rings is 1. The van der Waals surface area contributed by atoms with Crippen LogP contribution in [0.5, 0.6) is 0 Å². The Labute approximate surface area is 185 Å². The lowest BCUT2D eigenvalue weighted by Crippen LogP contribution is -2.70. The van der Waals surface area contributed by atoms with Gasteiger partial charge in [-0.05, 0) is 17.7 Å². The number of aromatic nitrogens is 1. The zero-order valence-electron chi connectivity index (χ0n) is 17.8. The predicted octanol–water partition coefficient (Wildman–Crippen LogP) is 0.974. The fraction of sp³-hybridized carbons (Fsp3) is 0.391. The summed E-state index contributed by atoms with van der Waals surface area (Å²) in [5, 5.41) is 0. The molecule has 2 atom stereocenters. The van der Waals surface area contributed by atoms with Gasteiger partial charge in [0.25, 0.3) is 5.91 Å². The molecule has 2 fully saturated rings. The number of ether oxygens (including phenoxy) is 1. The van der Waals surface area contributed by atoms with Crippen molar-refractivity contribution < 1.29 is 23.5 Å². The van der Waals surface area contributed by atoms with Crippen molar-refractivity contribution in [2.24, 2.45) is 0 Å². The van der Waals surface area contributed by atoms with Crippen LogP contribution in [0.15, 0.2) is 48.7 Å². The van der Waals surface area contributed by atoms with Crippen molar-refractivity contribution in [2.75, 3.05) is 39.9 Å². The van der Waals surface area contributed by atoms with Crippen molar-refractivity contribution in [1.29, 1.82) is 0 Å². The minimum Gasteiger partial charge on any atom is -0.383 e. The van der Waals surface area contributed by atoms with Crippen LogP contribution in [-0.2, 0) is 20.7 Å². The molecule has 0 radical (unpaired) electrons. The first-order valence-corrected chi connectivity index (χ1v) is 10.5. The number of carbonyl (C=O) groups is 3. The number of hydrogen-bond donors (Lipinski definition) is 0. The van der Waals surface area contributed by atoms with Gasteiger partial charge in [-0.3, -0.25) is 14.4 Å². The van der Waals surface area contributed by atoms with Crippen LogP contribution in [0.4, 0.5) is 4.39 Å². The third kappa shape index (κ3) is 4.34. The minimum atomic E-state index is -0.772. The summed E-state index contributed by atoms with van der Waals surface area (Å²) in [4.78, 5) is 48.5. The van der Waals surface area contributed by atoms with E-state index in [1.165, 1.54) is 11.0 Å². The SMILES string of the molecule is COCCN1CCN2C(=O)[C@H](Cc3ccccc3)N(C(=O)c3ccc(F)cn3)C[C@H]2C1=O. The molecule has 1 aromatic carbocycles. The Bertz CT molecular complexity index is 985. The second-order valence-corrected chi connectivity index (χ2v) is 7.89. The van der Waals surface area contributed by atoms with Crippen LogP contribution in [0, 0.1) is 5.82 Å². The van der Waals surface area contributed by atoms with E-state index in [2.05, 4.69) is 4.98 Å². The summed E-state index contributed by atoms with van der Waals surface area (Å²) in [5.74, 6) is -1.52. The first-order valence-electron chi connectivity index (χ1n) is 10.5. The van der Waals surface area contributed by atoms with Crippen LogP contribution >= 0.6 is 0 Å². The predicted molar refractivity (Wildman–Crippen MR) is 113 cm³/mol. The van der Waals surface area contributed by atoms with Crippen LogP contribution < -0.4 is 0 Å². The molecule has 2 saturated heterocycles. The van der Waals surface area contributed by atoms with Gasteiger partial charge in [0.15, 0.2) is 0 Å². The molecular weight excluding hydrogens is 415 g/mol. The summed E-state index contributed by atoms with van der Waals surface area (Å²) in [6.45, 7) is 1.71. The number of carbonyl (C=O) groups excluding carboxylic acids is 3. The first kappa shape index (κ1) is 21.9. The van der Waals surface area contributed by atoms with Crippen LogP contribution in [0.3, 0.4) is 0 Å². The molecule has 9 heteroatoms. The van der Waals surface area contributed by atoms with E-state index in [0.29, 0.717) is 32.7 Å². The van der Waals surface area contributed by atoms with Gasteiger partial charge in [-0.25, -0.2) is 9.37 Å². The highest BCUT2D eigenvalue weighted by molar-refractivity contribution is 6.00. The molecule has 2 aliphatic heterocycles. The molecule has 2 aliphatic rings. The van der Waals surface area contributed by atoms with E-state index in [4.69, 9.17) is 4.74 Å². The van der Waals surface area contributed by atoms with Gasteiger partial charge in [0.2, 0.25) is 11.8 Å². The first-order chi connectivity index (χ1) is 15.5. The normalized spacial score (nSPS) is 21.0. The van der Waals surface area contributed by atoms with Crippen molar-refractivity contribution in [3.8, 4) is 0 Å². The molecule has 168 valence electrons. The van der Waals surface area contributed by atoms with E-state index >= 15 is 0 Å². The van der Waals surface area contributed by atoms with Gasteiger partial charge in [0, 0.05) is 33.2 Å². The van der Waals surface area contributed by atoms with E-state index in [9.17, 15) is 18.8 Å². The Kier molecular flexibility index (Phi) is 6.45. The number of hydrogen-bond acceptors (Lipinski definition) is 5. The molecule has 2 aromatic rings. The van der Waals surface area contributed by atoms with Crippen molar-refractivity contribution in [2.45, 2.75) is 18.5 Å². The average molecular weight is 440 g/mol. The van der Waals surface area contributed by atoms with Gasteiger partial charge >= 0.3 is 0 Å². The molecule has 0 spiro atoms. The number of fused-ring (bicyclic) bond motifs is 1. The number of methoxy groups -OCH3 is 1. The highest BCUT2D eigenvalue weighted by Crippen LogP contribution is 2.25. The van der Waals surface area contributed by atoms with Gasteiger partial charge in [-0.1, -0.05) is 30.3 Å². The quantitative estimate of drug-likeness (QED) is 0.669. The summed E-state index contributed by atoms with van der Waals surface area (Å²) in [7, 11) is 1.56. The van der Waals surface area contributed by atoms with Gasteiger partial charge < -0.3 is 19.4 Å². The second kappa shape index (κ2) is 9.44. The molecule has 4 rings (SSSR count). The molecule has 1 aromatic heterocycles. The summed E-state index contributed by atoms with van der Waals surface area (Å²) in [5.41, 5.74) is 0.935. The maximum absolute atomic E-state index is 13.5. The molecule has 32 heavy (non-hydrogen) atoms. The van der Waals surface area contributed by atoms with Gasteiger partial charge in [-0.15, -0.1) is 0 Å². The molecule has 0 saturated carbocycles.